The molecular weight excluding hydrogens is 194 g/mol. The SMILES string of the molecule is CC(CC(=O)O)C(=O)N(C)C1CCCC1. The Labute approximate surface area is 90.3 Å². The summed E-state index contributed by atoms with van der Waals surface area (Å²) in [5.41, 5.74) is 0. The van der Waals surface area contributed by atoms with Crippen molar-refractivity contribution in [1.29, 1.82) is 0 Å². The predicted octanol–water partition coefficient (Wildman–Crippen LogP) is 1.50. The molecule has 0 spiro atoms. The van der Waals surface area contributed by atoms with E-state index in [1.165, 1.54) is 12.8 Å². The summed E-state index contributed by atoms with van der Waals surface area (Å²) in [7, 11) is 1.79. The Bertz CT molecular complexity index is 246. The monoisotopic (exact) mass is 213 g/mol. The molecule has 1 aliphatic carbocycles. The van der Waals surface area contributed by atoms with Crippen LogP contribution < -0.4 is 0 Å². The number of rotatable bonds is 4. The average molecular weight is 213 g/mol. The Kier molecular flexibility index (Phi) is 4.12. The lowest BCUT2D eigenvalue weighted by molar-refractivity contribution is -0.144. The number of carboxylic acids is 1. The number of carbonyl (C=O) groups excluding carboxylic acids is 1. The number of hydrogen-bond donors (Lipinski definition) is 1. The zero-order valence-corrected chi connectivity index (χ0v) is 9.40. The van der Waals surface area contributed by atoms with Gasteiger partial charge < -0.3 is 10.0 Å². The Morgan fingerprint density at radius 2 is 1.93 bits per heavy atom. The second-order valence-electron chi connectivity index (χ2n) is 4.39. The largest absolute Gasteiger partial charge is 0.481 e. The molecule has 1 amide bonds. The van der Waals surface area contributed by atoms with Crippen LogP contribution in [-0.4, -0.2) is 35.0 Å². The van der Waals surface area contributed by atoms with Gasteiger partial charge in [0.2, 0.25) is 5.91 Å². The van der Waals surface area contributed by atoms with Gasteiger partial charge in [-0.1, -0.05) is 19.8 Å². The Balaban J connectivity index is 2.47. The fourth-order valence-corrected chi connectivity index (χ4v) is 2.17. The minimum atomic E-state index is -0.907. The molecular formula is C11H19NO3. The van der Waals surface area contributed by atoms with Crippen LogP contribution in [0.15, 0.2) is 0 Å². The van der Waals surface area contributed by atoms with Gasteiger partial charge in [-0.05, 0) is 12.8 Å². The van der Waals surface area contributed by atoms with Gasteiger partial charge >= 0.3 is 5.97 Å². The molecule has 0 radical (unpaired) electrons. The van der Waals surface area contributed by atoms with Crippen LogP contribution >= 0.6 is 0 Å². The van der Waals surface area contributed by atoms with E-state index in [4.69, 9.17) is 5.11 Å². The molecule has 1 atom stereocenters. The fraction of sp³-hybridized carbons (Fsp3) is 0.818. The molecule has 1 aliphatic rings. The average Bonchev–Trinajstić information content (AvgIpc) is 2.67. The summed E-state index contributed by atoms with van der Waals surface area (Å²) in [6.45, 7) is 1.68. The van der Waals surface area contributed by atoms with E-state index in [9.17, 15) is 9.59 Å². The van der Waals surface area contributed by atoms with Gasteiger partial charge in [0.15, 0.2) is 0 Å². The van der Waals surface area contributed by atoms with Gasteiger partial charge in [0, 0.05) is 19.0 Å². The normalized spacial score (nSPS) is 18.8. The highest BCUT2D eigenvalue weighted by Gasteiger charge is 2.27. The molecule has 1 fully saturated rings. The molecule has 1 N–H and O–H groups in total. The quantitative estimate of drug-likeness (QED) is 0.769. The number of aliphatic carboxylic acids is 1. The molecule has 1 unspecified atom stereocenters. The van der Waals surface area contributed by atoms with Crippen LogP contribution in [-0.2, 0) is 9.59 Å². The summed E-state index contributed by atoms with van der Waals surface area (Å²) in [4.78, 5) is 24.1. The fourth-order valence-electron chi connectivity index (χ4n) is 2.17. The number of carbonyl (C=O) groups is 2. The molecule has 1 rings (SSSR count). The number of amides is 1. The topological polar surface area (TPSA) is 57.6 Å². The van der Waals surface area contributed by atoms with Crippen LogP contribution in [0.2, 0.25) is 0 Å². The van der Waals surface area contributed by atoms with Crippen molar-refractivity contribution < 1.29 is 14.7 Å². The Morgan fingerprint density at radius 1 is 1.40 bits per heavy atom. The minimum Gasteiger partial charge on any atom is -0.481 e. The first kappa shape index (κ1) is 12.0. The summed E-state index contributed by atoms with van der Waals surface area (Å²) in [5, 5.41) is 8.61. The van der Waals surface area contributed by atoms with Crippen LogP contribution in [0.5, 0.6) is 0 Å². The van der Waals surface area contributed by atoms with Crippen molar-refractivity contribution in [2.75, 3.05) is 7.05 Å². The molecule has 0 aromatic rings. The van der Waals surface area contributed by atoms with E-state index in [1.807, 2.05) is 0 Å². The molecule has 15 heavy (non-hydrogen) atoms. The smallest absolute Gasteiger partial charge is 0.304 e. The van der Waals surface area contributed by atoms with Gasteiger partial charge in [-0.25, -0.2) is 0 Å². The van der Waals surface area contributed by atoms with Crippen molar-refractivity contribution in [2.45, 2.75) is 45.1 Å². The molecule has 0 aromatic heterocycles. The number of nitrogens with zero attached hydrogens (tertiary/aromatic N) is 1. The number of hydrogen-bond acceptors (Lipinski definition) is 2. The predicted molar refractivity (Wildman–Crippen MR) is 56.4 cm³/mol. The van der Waals surface area contributed by atoms with Gasteiger partial charge in [0.25, 0.3) is 0 Å². The molecule has 4 nitrogen and oxygen atoms in total. The van der Waals surface area contributed by atoms with E-state index in [2.05, 4.69) is 0 Å². The molecule has 0 heterocycles. The van der Waals surface area contributed by atoms with Gasteiger partial charge in [0.05, 0.1) is 6.42 Å². The Morgan fingerprint density at radius 3 is 2.40 bits per heavy atom. The van der Waals surface area contributed by atoms with E-state index in [-0.39, 0.29) is 12.3 Å². The summed E-state index contributed by atoms with van der Waals surface area (Å²) in [6.07, 6.45) is 4.39. The highest BCUT2D eigenvalue weighted by molar-refractivity contribution is 5.82. The zero-order chi connectivity index (χ0) is 11.4. The van der Waals surface area contributed by atoms with E-state index in [0.717, 1.165) is 12.8 Å². The maximum absolute atomic E-state index is 11.8. The van der Waals surface area contributed by atoms with E-state index < -0.39 is 11.9 Å². The summed E-state index contributed by atoms with van der Waals surface area (Å²) < 4.78 is 0. The first-order chi connectivity index (χ1) is 7.02. The van der Waals surface area contributed by atoms with Crippen LogP contribution in [0.1, 0.15) is 39.0 Å². The maximum atomic E-state index is 11.8. The first-order valence-corrected chi connectivity index (χ1v) is 5.51. The highest BCUT2D eigenvalue weighted by atomic mass is 16.4. The molecule has 1 saturated carbocycles. The molecule has 0 aromatic carbocycles. The summed E-state index contributed by atoms with van der Waals surface area (Å²) in [5.74, 6) is -1.35. The molecule has 0 bridgehead atoms. The van der Waals surface area contributed by atoms with Crippen LogP contribution in [0.3, 0.4) is 0 Å². The third-order valence-electron chi connectivity index (χ3n) is 3.12. The van der Waals surface area contributed by atoms with Gasteiger partial charge in [-0.15, -0.1) is 0 Å². The van der Waals surface area contributed by atoms with Crippen LogP contribution in [0.4, 0.5) is 0 Å². The second-order valence-corrected chi connectivity index (χ2v) is 4.39. The molecule has 4 heteroatoms. The summed E-state index contributed by atoms with van der Waals surface area (Å²) in [6, 6.07) is 0.328. The van der Waals surface area contributed by atoms with Crippen LogP contribution in [0, 0.1) is 5.92 Å². The van der Waals surface area contributed by atoms with Crippen molar-refractivity contribution in [3.05, 3.63) is 0 Å². The van der Waals surface area contributed by atoms with E-state index in [1.54, 1.807) is 18.9 Å². The van der Waals surface area contributed by atoms with Crippen molar-refractivity contribution in [3.63, 3.8) is 0 Å². The molecule has 0 aliphatic heterocycles. The standard InChI is InChI=1S/C11H19NO3/c1-8(7-10(13)14)11(15)12(2)9-5-3-4-6-9/h8-9H,3-7H2,1-2H3,(H,13,14). The zero-order valence-electron chi connectivity index (χ0n) is 9.40. The second kappa shape index (κ2) is 5.14. The summed E-state index contributed by atoms with van der Waals surface area (Å²) >= 11 is 0. The van der Waals surface area contributed by atoms with E-state index in [0.29, 0.717) is 6.04 Å². The lowest BCUT2D eigenvalue weighted by Crippen LogP contribution is -2.39. The van der Waals surface area contributed by atoms with Crippen molar-refractivity contribution in [3.8, 4) is 0 Å². The minimum absolute atomic E-state index is 0.0377. The van der Waals surface area contributed by atoms with Crippen LogP contribution in [0.25, 0.3) is 0 Å². The van der Waals surface area contributed by atoms with Gasteiger partial charge in [0.1, 0.15) is 0 Å². The van der Waals surface area contributed by atoms with Gasteiger partial charge in [-0.3, -0.25) is 9.59 Å². The number of carboxylic acid groups (broad SMARTS) is 1. The highest BCUT2D eigenvalue weighted by Crippen LogP contribution is 2.23. The van der Waals surface area contributed by atoms with Gasteiger partial charge in [-0.2, -0.15) is 0 Å². The van der Waals surface area contributed by atoms with Crippen molar-refractivity contribution in [2.24, 2.45) is 5.92 Å². The van der Waals surface area contributed by atoms with Crippen molar-refractivity contribution in [1.82, 2.24) is 4.90 Å². The third-order valence-corrected chi connectivity index (χ3v) is 3.12. The molecule has 86 valence electrons. The van der Waals surface area contributed by atoms with Crippen molar-refractivity contribution >= 4 is 11.9 Å². The third kappa shape index (κ3) is 3.22. The molecule has 0 saturated heterocycles. The Hall–Kier alpha value is -1.06. The van der Waals surface area contributed by atoms with E-state index >= 15 is 0 Å². The first-order valence-electron chi connectivity index (χ1n) is 5.51. The lowest BCUT2D eigenvalue weighted by Gasteiger charge is -2.26. The maximum Gasteiger partial charge on any atom is 0.304 e. The lowest BCUT2D eigenvalue weighted by atomic mass is 10.1.